The Morgan fingerprint density at radius 3 is 1.70 bits per heavy atom. The Hall–Kier alpha value is -5.03. The van der Waals surface area contributed by atoms with Gasteiger partial charge in [-0.15, -0.1) is 0 Å². The summed E-state index contributed by atoms with van der Waals surface area (Å²) in [5.41, 5.74) is 0.511. The van der Waals surface area contributed by atoms with E-state index in [2.05, 4.69) is 19.9 Å². The number of carboxylic acid groups (broad SMARTS) is 1. The van der Waals surface area contributed by atoms with E-state index in [0.29, 0.717) is 0 Å². The SMILES string of the molecule is CCOC(=O)CC1OB(O)c2cc(Oc3cnccn3)cc(F)c21.O=C(O)CC1OB(O)c2cc(Oc3cnccn3)cc(F)c21. The van der Waals surface area contributed by atoms with Crippen LogP contribution in [-0.2, 0) is 23.6 Å². The molecule has 0 bridgehead atoms. The fourth-order valence-electron chi connectivity index (χ4n) is 4.77. The molecule has 14 nitrogen and oxygen atoms in total. The van der Waals surface area contributed by atoms with Gasteiger partial charge in [0, 0.05) is 48.0 Å². The summed E-state index contributed by atoms with van der Waals surface area (Å²) in [5.74, 6) is -2.42. The number of benzene rings is 2. The highest BCUT2D eigenvalue weighted by Gasteiger charge is 2.40. The largest absolute Gasteiger partial charge is 0.492 e. The molecule has 4 heterocycles. The lowest BCUT2D eigenvalue weighted by Crippen LogP contribution is -2.28. The number of ether oxygens (including phenoxy) is 3. The van der Waals surface area contributed by atoms with Gasteiger partial charge in [0.25, 0.3) is 0 Å². The molecule has 0 amide bonds. The Morgan fingerprint density at radius 1 is 0.804 bits per heavy atom. The highest BCUT2D eigenvalue weighted by molar-refractivity contribution is 6.62. The molecule has 0 saturated carbocycles. The molecule has 6 rings (SSSR count). The lowest BCUT2D eigenvalue weighted by Gasteiger charge is -2.12. The van der Waals surface area contributed by atoms with Crippen LogP contribution in [0.5, 0.6) is 23.3 Å². The molecule has 3 N–H and O–H groups in total. The third-order valence-corrected chi connectivity index (χ3v) is 6.57. The summed E-state index contributed by atoms with van der Waals surface area (Å²) in [5, 5.41) is 28.6. The summed E-state index contributed by atoms with van der Waals surface area (Å²) < 4.78 is 54.6. The molecule has 2 aliphatic heterocycles. The highest BCUT2D eigenvalue weighted by atomic mass is 19.1. The first kappa shape index (κ1) is 32.4. The Balaban J connectivity index is 0.000000182. The molecule has 2 atom stereocenters. The van der Waals surface area contributed by atoms with E-state index in [1.165, 1.54) is 49.3 Å². The van der Waals surface area contributed by atoms with Gasteiger partial charge in [0.1, 0.15) is 23.1 Å². The summed E-state index contributed by atoms with van der Waals surface area (Å²) >= 11 is 0. The van der Waals surface area contributed by atoms with Gasteiger partial charge in [0.05, 0.1) is 44.1 Å². The molecule has 18 heteroatoms. The van der Waals surface area contributed by atoms with Gasteiger partial charge in [-0.25, -0.2) is 18.7 Å². The molecule has 0 radical (unpaired) electrons. The van der Waals surface area contributed by atoms with Crippen molar-refractivity contribution in [3.63, 3.8) is 0 Å². The van der Waals surface area contributed by atoms with Crippen molar-refractivity contribution in [2.75, 3.05) is 6.61 Å². The number of hydrogen-bond donors (Lipinski definition) is 3. The third-order valence-electron chi connectivity index (χ3n) is 6.57. The number of esters is 1. The van der Waals surface area contributed by atoms with Crippen LogP contribution in [0.1, 0.15) is 43.1 Å². The average Bonchev–Trinajstić information content (AvgIpc) is 3.49. The van der Waals surface area contributed by atoms with Crippen LogP contribution >= 0.6 is 0 Å². The van der Waals surface area contributed by atoms with Crippen LogP contribution in [0.3, 0.4) is 0 Å². The average molecular weight is 636 g/mol. The minimum atomic E-state index is -1.40. The van der Waals surface area contributed by atoms with Gasteiger partial charge in [-0.3, -0.25) is 19.6 Å². The van der Waals surface area contributed by atoms with E-state index < -0.39 is 56.4 Å². The second-order valence-electron chi connectivity index (χ2n) is 9.67. The predicted molar refractivity (Wildman–Crippen MR) is 153 cm³/mol. The minimum absolute atomic E-state index is 0.0291. The van der Waals surface area contributed by atoms with Gasteiger partial charge in [-0.1, -0.05) is 0 Å². The Bertz CT molecular complexity index is 1710. The van der Waals surface area contributed by atoms with Gasteiger partial charge in [0.15, 0.2) is 0 Å². The van der Waals surface area contributed by atoms with E-state index in [1.54, 1.807) is 6.92 Å². The number of nitrogens with zero attached hydrogens (tertiary/aromatic N) is 4. The van der Waals surface area contributed by atoms with Crippen LogP contribution in [-0.4, -0.2) is 67.9 Å². The Morgan fingerprint density at radius 2 is 1.28 bits per heavy atom. The number of carboxylic acids is 1. The first-order valence-corrected chi connectivity index (χ1v) is 13.7. The Labute approximate surface area is 260 Å². The van der Waals surface area contributed by atoms with E-state index in [1.807, 2.05) is 0 Å². The van der Waals surface area contributed by atoms with Crippen molar-refractivity contribution in [1.82, 2.24) is 19.9 Å². The number of rotatable bonds is 9. The molecule has 236 valence electrons. The van der Waals surface area contributed by atoms with Crippen LogP contribution in [0.2, 0.25) is 0 Å². The number of aromatic nitrogens is 4. The molecule has 2 aromatic heterocycles. The molecule has 46 heavy (non-hydrogen) atoms. The fourth-order valence-corrected chi connectivity index (χ4v) is 4.77. The van der Waals surface area contributed by atoms with Crippen molar-refractivity contribution in [3.8, 4) is 23.3 Å². The molecule has 0 fully saturated rings. The van der Waals surface area contributed by atoms with E-state index in [0.717, 1.165) is 12.1 Å². The van der Waals surface area contributed by atoms with E-state index in [9.17, 15) is 28.4 Å². The zero-order valence-electron chi connectivity index (χ0n) is 23.9. The number of hydrogen-bond acceptors (Lipinski definition) is 13. The molecule has 2 unspecified atom stereocenters. The maximum Gasteiger partial charge on any atom is 0.492 e. The summed E-state index contributed by atoms with van der Waals surface area (Å²) in [7, 11) is -2.75. The Kier molecular flexibility index (Phi) is 10.1. The lowest BCUT2D eigenvalue weighted by molar-refractivity contribution is -0.145. The first-order valence-electron chi connectivity index (χ1n) is 13.7. The molecule has 4 aromatic rings. The van der Waals surface area contributed by atoms with Crippen molar-refractivity contribution in [3.05, 3.63) is 84.2 Å². The molecule has 0 aliphatic carbocycles. The third kappa shape index (κ3) is 7.60. The van der Waals surface area contributed by atoms with Gasteiger partial charge >= 0.3 is 26.2 Å². The summed E-state index contributed by atoms with van der Waals surface area (Å²) in [6, 6.07) is 5.07. The van der Waals surface area contributed by atoms with Gasteiger partial charge in [0.2, 0.25) is 11.8 Å². The highest BCUT2D eigenvalue weighted by Crippen LogP contribution is 2.33. The first-order chi connectivity index (χ1) is 22.1. The summed E-state index contributed by atoms with van der Waals surface area (Å²) in [6.45, 7) is 1.89. The fraction of sp³-hybridized carbons (Fsp3) is 0.214. The van der Waals surface area contributed by atoms with Crippen LogP contribution in [0, 0.1) is 11.6 Å². The van der Waals surface area contributed by atoms with Crippen LogP contribution < -0.4 is 20.4 Å². The molecule has 2 aliphatic rings. The van der Waals surface area contributed by atoms with E-state index >= 15 is 0 Å². The molecule has 0 saturated heterocycles. The van der Waals surface area contributed by atoms with Crippen molar-refractivity contribution in [2.24, 2.45) is 0 Å². The molecule has 2 aromatic carbocycles. The van der Waals surface area contributed by atoms with Crippen molar-refractivity contribution in [2.45, 2.75) is 32.0 Å². The quantitative estimate of drug-likeness (QED) is 0.178. The zero-order valence-corrected chi connectivity index (χ0v) is 23.9. The van der Waals surface area contributed by atoms with Gasteiger partial charge in [-0.2, -0.15) is 0 Å². The monoisotopic (exact) mass is 636 g/mol. The van der Waals surface area contributed by atoms with Gasteiger partial charge < -0.3 is 38.7 Å². The van der Waals surface area contributed by atoms with Crippen LogP contribution in [0.4, 0.5) is 8.78 Å². The minimum Gasteiger partial charge on any atom is -0.481 e. The maximum absolute atomic E-state index is 14.5. The molecular weight excluding hydrogens is 612 g/mol. The van der Waals surface area contributed by atoms with Crippen molar-refractivity contribution >= 4 is 37.1 Å². The molecular formula is C28H24B2F2N4O10. The lowest BCUT2D eigenvalue weighted by atomic mass is 9.79. The maximum atomic E-state index is 14.5. The van der Waals surface area contributed by atoms with Crippen LogP contribution in [0.15, 0.2) is 61.4 Å². The number of carbonyl (C=O) groups excluding carboxylic acids is 1. The standard InChI is InChI=1S/C15H14BFN2O5.C13H10BFN2O5/c1-2-22-14(20)7-12-15-10(16(21)24-12)5-9(6-11(15)17)23-13-8-18-3-4-19-13;15-9-4-7(21-11-6-16-1-2-17-11)3-8-13(9)10(5-12(18)19)22-14(8)20/h3-6,8,12,21H,2,7H2,1H3;1-4,6,10,20H,5H2,(H,18,19). The van der Waals surface area contributed by atoms with Crippen molar-refractivity contribution in [1.29, 1.82) is 0 Å². The zero-order chi connectivity index (χ0) is 32.8. The van der Waals surface area contributed by atoms with E-state index in [-0.39, 0.29) is 58.3 Å². The normalized spacial score (nSPS) is 16.2. The topological polar surface area (TPSA) is 193 Å². The summed E-state index contributed by atoms with van der Waals surface area (Å²) in [4.78, 5) is 37.8. The smallest absolute Gasteiger partial charge is 0.481 e. The van der Waals surface area contributed by atoms with Crippen LogP contribution in [0.25, 0.3) is 0 Å². The number of halogens is 2. The second-order valence-corrected chi connectivity index (χ2v) is 9.67. The predicted octanol–water partition coefficient (Wildman–Crippen LogP) is 1.76. The molecule has 0 spiro atoms. The summed E-state index contributed by atoms with van der Waals surface area (Å²) in [6.07, 6.45) is 5.97. The number of fused-ring (bicyclic) bond motifs is 2. The second kappa shape index (κ2) is 14.4. The van der Waals surface area contributed by atoms with Crippen molar-refractivity contribution < 1.29 is 57.0 Å². The van der Waals surface area contributed by atoms with E-state index in [4.69, 9.17) is 28.6 Å². The number of aliphatic carboxylic acids is 1. The van der Waals surface area contributed by atoms with Gasteiger partial charge in [-0.05, 0) is 30.0 Å². The number of carbonyl (C=O) groups is 2.